The molecule has 0 amide bonds. The van der Waals surface area contributed by atoms with Gasteiger partial charge in [-0.1, -0.05) is 20.8 Å². The minimum absolute atomic E-state index is 0.266. The molecule has 2 heteroatoms. The molecule has 0 aliphatic carbocycles. The Bertz CT molecular complexity index is 275. The van der Waals surface area contributed by atoms with Crippen molar-refractivity contribution in [2.24, 2.45) is 5.41 Å². The van der Waals surface area contributed by atoms with E-state index in [2.05, 4.69) is 72.1 Å². The molecule has 0 bridgehead atoms. The van der Waals surface area contributed by atoms with Crippen LogP contribution in [0.2, 0.25) is 0 Å². The van der Waals surface area contributed by atoms with Gasteiger partial charge in [0, 0.05) is 36.8 Å². The highest BCUT2D eigenvalue weighted by molar-refractivity contribution is 4.97. The molecule has 1 heterocycles. The summed E-state index contributed by atoms with van der Waals surface area (Å²) in [6.45, 7) is 24.7. The van der Waals surface area contributed by atoms with Crippen LogP contribution in [0, 0.1) is 5.41 Å². The molecule has 1 atom stereocenters. The van der Waals surface area contributed by atoms with E-state index in [1.54, 1.807) is 0 Å². The molecule has 0 aromatic rings. The van der Waals surface area contributed by atoms with Gasteiger partial charge >= 0.3 is 0 Å². The molecule has 2 nitrogen and oxygen atoms in total. The molecule has 0 aromatic carbocycles. The Morgan fingerprint density at radius 1 is 0.722 bits per heavy atom. The lowest BCUT2D eigenvalue weighted by molar-refractivity contribution is -0.0600. The van der Waals surface area contributed by atoms with E-state index in [-0.39, 0.29) is 11.1 Å². The molecule has 1 aliphatic rings. The van der Waals surface area contributed by atoms with E-state index in [4.69, 9.17) is 0 Å². The fraction of sp³-hybridized carbons (Fsp3) is 1.00. The largest absolute Gasteiger partial charge is 0.296 e. The van der Waals surface area contributed by atoms with E-state index in [0.717, 1.165) is 0 Å². The lowest BCUT2D eigenvalue weighted by Gasteiger charge is -2.55. The Balaban J connectivity index is 2.94. The first-order chi connectivity index (χ1) is 7.83. The lowest BCUT2D eigenvalue weighted by Crippen LogP contribution is -2.65. The Kier molecular flexibility index (Phi) is 4.25. The van der Waals surface area contributed by atoms with Crippen LogP contribution < -0.4 is 0 Å². The Hall–Kier alpha value is -0.0800. The third-order valence-electron chi connectivity index (χ3n) is 4.19. The molecule has 0 N–H and O–H groups in total. The van der Waals surface area contributed by atoms with Crippen molar-refractivity contribution >= 4 is 0 Å². The van der Waals surface area contributed by atoms with Gasteiger partial charge in [0.05, 0.1) is 0 Å². The highest BCUT2D eigenvalue weighted by Crippen LogP contribution is 2.34. The van der Waals surface area contributed by atoms with Crippen LogP contribution in [0.1, 0.15) is 62.3 Å². The van der Waals surface area contributed by atoms with E-state index in [9.17, 15) is 0 Å². The van der Waals surface area contributed by atoms with Crippen LogP contribution in [0.5, 0.6) is 0 Å². The average molecular weight is 254 g/mol. The van der Waals surface area contributed by atoms with Crippen LogP contribution in [0.4, 0.5) is 0 Å². The molecule has 1 saturated heterocycles. The average Bonchev–Trinajstić information content (AvgIpc) is 2.12. The molecule has 0 aromatic heterocycles. The van der Waals surface area contributed by atoms with Crippen molar-refractivity contribution in [3.63, 3.8) is 0 Å². The SMILES string of the molecule is CC(C)(C)C1CN(C(C)(C)C)CCN1C(C)(C)C. The van der Waals surface area contributed by atoms with Crippen molar-refractivity contribution in [3.05, 3.63) is 0 Å². The van der Waals surface area contributed by atoms with Crippen molar-refractivity contribution in [1.82, 2.24) is 9.80 Å². The van der Waals surface area contributed by atoms with Crippen molar-refractivity contribution in [2.45, 2.75) is 79.4 Å². The fourth-order valence-electron chi connectivity index (χ4n) is 2.94. The normalized spacial score (nSPS) is 25.5. The summed E-state index contributed by atoms with van der Waals surface area (Å²) < 4.78 is 0. The maximum absolute atomic E-state index is 2.70. The van der Waals surface area contributed by atoms with E-state index < -0.39 is 0 Å². The fourth-order valence-corrected chi connectivity index (χ4v) is 2.94. The molecule has 1 aliphatic heterocycles. The van der Waals surface area contributed by atoms with Crippen LogP contribution in [0.3, 0.4) is 0 Å². The zero-order chi connectivity index (χ0) is 14.4. The van der Waals surface area contributed by atoms with E-state index in [1.807, 2.05) is 0 Å². The standard InChI is InChI=1S/C16H34N2/c1-14(2,3)13-12-17(15(4,5)6)10-11-18(13)16(7,8)9/h13H,10-12H2,1-9H3. The number of rotatable bonds is 0. The molecule has 0 radical (unpaired) electrons. The molecule has 0 saturated carbocycles. The summed E-state index contributed by atoms with van der Waals surface area (Å²) in [7, 11) is 0. The first kappa shape index (κ1) is 16.0. The van der Waals surface area contributed by atoms with E-state index >= 15 is 0 Å². The van der Waals surface area contributed by atoms with Crippen LogP contribution in [0.25, 0.3) is 0 Å². The van der Waals surface area contributed by atoms with Crippen LogP contribution in [0.15, 0.2) is 0 Å². The highest BCUT2D eigenvalue weighted by atomic mass is 15.3. The van der Waals surface area contributed by atoms with Gasteiger partial charge in [-0.25, -0.2) is 0 Å². The molecule has 0 spiro atoms. The second kappa shape index (κ2) is 4.79. The van der Waals surface area contributed by atoms with Crippen molar-refractivity contribution in [3.8, 4) is 0 Å². The minimum atomic E-state index is 0.266. The van der Waals surface area contributed by atoms with Gasteiger partial charge in [-0.3, -0.25) is 9.80 Å². The summed E-state index contributed by atoms with van der Waals surface area (Å²) in [5, 5.41) is 0. The van der Waals surface area contributed by atoms with E-state index in [1.165, 1.54) is 19.6 Å². The quantitative estimate of drug-likeness (QED) is 0.651. The maximum atomic E-state index is 2.70. The Labute approximate surface area is 115 Å². The summed E-state index contributed by atoms with van der Waals surface area (Å²) in [6, 6.07) is 0.630. The molecular formula is C16H34N2. The minimum Gasteiger partial charge on any atom is -0.296 e. The van der Waals surface area contributed by atoms with Gasteiger partial charge in [-0.15, -0.1) is 0 Å². The summed E-state index contributed by atoms with van der Waals surface area (Å²) in [5.41, 5.74) is 0.882. The van der Waals surface area contributed by atoms with E-state index in [0.29, 0.717) is 11.5 Å². The molecule has 1 rings (SSSR count). The summed E-state index contributed by atoms with van der Waals surface area (Å²) in [6.07, 6.45) is 0. The van der Waals surface area contributed by atoms with Crippen molar-refractivity contribution < 1.29 is 0 Å². The van der Waals surface area contributed by atoms with Crippen molar-refractivity contribution in [2.75, 3.05) is 19.6 Å². The maximum Gasteiger partial charge on any atom is 0.0277 e. The second-order valence-corrected chi connectivity index (χ2v) is 8.86. The molecule has 108 valence electrons. The Morgan fingerprint density at radius 2 is 1.22 bits per heavy atom. The van der Waals surface area contributed by atoms with Crippen molar-refractivity contribution in [1.29, 1.82) is 0 Å². The Morgan fingerprint density at radius 3 is 1.56 bits per heavy atom. The zero-order valence-electron chi connectivity index (χ0n) is 14.1. The zero-order valence-corrected chi connectivity index (χ0v) is 14.1. The first-order valence-electron chi connectivity index (χ1n) is 7.35. The number of hydrogen-bond donors (Lipinski definition) is 0. The van der Waals surface area contributed by atoms with Crippen LogP contribution in [-0.2, 0) is 0 Å². The third-order valence-corrected chi connectivity index (χ3v) is 4.19. The molecule has 1 fully saturated rings. The van der Waals surface area contributed by atoms with Gasteiger partial charge in [0.25, 0.3) is 0 Å². The monoisotopic (exact) mass is 254 g/mol. The summed E-state index contributed by atoms with van der Waals surface area (Å²) in [5.74, 6) is 0. The van der Waals surface area contributed by atoms with Gasteiger partial charge in [0.15, 0.2) is 0 Å². The van der Waals surface area contributed by atoms with Gasteiger partial charge in [0.1, 0.15) is 0 Å². The van der Waals surface area contributed by atoms with Crippen LogP contribution in [-0.4, -0.2) is 46.6 Å². The predicted octanol–water partition coefficient (Wildman–Crippen LogP) is 3.62. The number of nitrogens with zero attached hydrogens (tertiary/aromatic N) is 2. The lowest BCUT2D eigenvalue weighted by atomic mass is 9.81. The van der Waals surface area contributed by atoms with Gasteiger partial charge in [-0.05, 0) is 47.0 Å². The molecular weight excluding hydrogens is 220 g/mol. The topological polar surface area (TPSA) is 6.48 Å². The second-order valence-electron chi connectivity index (χ2n) is 8.86. The highest BCUT2D eigenvalue weighted by Gasteiger charge is 2.41. The number of hydrogen-bond acceptors (Lipinski definition) is 2. The summed E-state index contributed by atoms with van der Waals surface area (Å²) in [4.78, 5) is 5.35. The van der Waals surface area contributed by atoms with Gasteiger partial charge in [-0.2, -0.15) is 0 Å². The molecule has 18 heavy (non-hydrogen) atoms. The predicted molar refractivity (Wildman–Crippen MR) is 81.0 cm³/mol. The smallest absolute Gasteiger partial charge is 0.0277 e. The third kappa shape index (κ3) is 3.71. The molecule has 1 unspecified atom stereocenters. The number of piperazine rings is 1. The first-order valence-corrected chi connectivity index (χ1v) is 7.35. The van der Waals surface area contributed by atoms with Crippen LogP contribution >= 0.6 is 0 Å². The summed E-state index contributed by atoms with van der Waals surface area (Å²) >= 11 is 0. The van der Waals surface area contributed by atoms with Gasteiger partial charge in [0.2, 0.25) is 0 Å². The van der Waals surface area contributed by atoms with Gasteiger partial charge < -0.3 is 0 Å².